The second-order valence-corrected chi connectivity index (χ2v) is 11.9. The van der Waals surface area contributed by atoms with Crippen molar-refractivity contribution in [3.8, 4) is 23.0 Å². The summed E-state index contributed by atoms with van der Waals surface area (Å²) in [5, 5.41) is 3.41. The van der Waals surface area contributed by atoms with Gasteiger partial charge in [0.1, 0.15) is 35.5 Å². The van der Waals surface area contributed by atoms with Gasteiger partial charge in [-0.25, -0.2) is 23.9 Å². The van der Waals surface area contributed by atoms with Crippen LogP contribution in [0.1, 0.15) is 37.7 Å². The highest BCUT2D eigenvalue weighted by Crippen LogP contribution is 2.43. The maximum atomic E-state index is 14.2. The number of hydrogen-bond donors (Lipinski definition) is 2. The zero-order valence-corrected chi connectivity index (χ0v) is 25.6. The van der Waals surface area contributed by atoms with E-state index in [1.54, 1.807) is 31.4 Å². The van der Waals surface area contributed by atoms with E-state index in [4.69, 9.17) is 20.2 Å². The molecule has 2 fully saturated rings. The van der Waals surface area contributed by atoms with E-state index < -0.39 is 41.5 Å². The van der Waals surface area contributed by atoms with Crippen molar-refractivity contribution in [1.29, 1.82) is 0 Å². The number of carbonyl (C=O) groups is 4. The summed E-state index contributed by atoms with van der Waals surface area (Å²) in [7, 11) is 1.55. The SMILES string of the molecule is COc1ccc2c(OC3CC4C(=O)NC5(C=O)CC5/C=C/CCCCN(C(N)=O)C(=O)N4C3)nc(-c3cccc(F)c3)nc2c1C. The number of imide groups is 1. The van der Waals surface area contributed by atoms with Gasteiger partial charge in [-0.3, -0.25) is 4.79 Å². The largest absolute Gasteiger partial charge is 0.496 e. The number of aromatic nitrogens is 2. The smallest absolute Gasteiger partial charge is 0.328 e. The topological polar surface area (TPSA) is 157 Å². The standard InChI is InChI=1S/C33H35FN6O6/c1-19-26(45-2)12-11-24-27(19)36-28(20-8-7-10-22(34)14-20)37-30(24)46-23-15-25-29(42)38-33(18-41)16-21(33)9-5-3-4-6-13-39(31(35)43)32(44)40(25)17-23/h5,7-12,14,18,21,23,25H,3-4,6,13,15-17H2,1-2H3,(H2,35,43)(H,38,42)/b9-5+. The fraction of sp³-hybridized carbons (Fsp3) is 0.394. The van der Waals surface area contributed by atoms with Gasteiger partial charge >= 0.3 is 12.1 Å². The number of fused-ring (bicyclic) bond motifs is 3. The number of primary amides is 1. The lowest BCUT2D eigenvalue weighted by molar-refractivity contribution is -0.128. The fourth-order valence-electron chi connectivity index (χ4n) is 6.27. The maximum absolute atomic E-state index is 14.2. The van der Waals surface area contributed by atoms with Crippen molar-refractivity contribution in [3.05, 3.63) is 59.9 Å². The van der Waals surface area contributed by atoms with Crippen LogP contribution in [0, 0.1) is 18.7 Å². The van der Waals surface area contributed by atoms with Crippen molar-refractivity contribution in [2.24, 2.45) is 11.7 Å². The first-order valence-corrected chi connectivity index (χ1v) is 15.2. The molecule has 3 N–H and O–H groups in total. The van der Waals surface area contributed by atoms with E-state index in [2.05, 4.69) is 10.3 Å². The van der Waals surface area contributed by atoms with Crippen LogP contribution in [0.15, 0.2) is 48.6 Å². The number of allylic oxidation sites excluding steroid dienone is 1. The van der Waals surface area contributed by atoms with Crippen LogP contribution >= 0.6 is 0 Å². The van der Waals surface area contributed by atoms with Crippen molar-refractivity contribution < 1.29 is 33.0 Å². The van der Waals surface area contributed by atoms with Crippen LogP contribution in [0.5, 0.6) is 11.6 Å². The average Bonchev–Trinajstić information content (AvgIpc) is 3.55. The third-order valence-electron chi connectivity index (χ3n) is 8.92. The van der Waals surface area contributed by atoms with Gasteiger partial charge in [-0.2, -0.15) is 4.98 Å². The Kier molecular flexibility index (Phi) is 8.32. The number of ether oxygens (including phenoxy) is 2. The summed E-state index contributed by atoms with van der Waals surface area (Å²) in [6.07, 6.45) is 6.32. The third-order valence-corrected chi connectivity index (χ3v) is 8.92. The highest BCUT2D eigenvalue weighted by molar-refractivity contribution is 5.97. The van der Waals surface area contributed by atoms with E-state index in [9.17, 15) is 23.6 Å². The van der Waals surface area contributed by atoms with Gasteiger partial charge in [-0.05, 0) is 56.9 Å². The molecule has 0 radical (unpaired) electrons. The van der Waals surface area contributed by atoms with Gasteiger partial charge in [-0.1, -0.05) is 24.3 Å². The van der Waals surface area contributed by atoms with E-state index in [1.165, 1.54) is 17.0 Å². The molecule has 0 bridgehead atoms. The number of nitrogens with two attached hydrogens (primary N) is 1. The Bertz CT molecular complexity index is 1750. The van der Waals surface area contributed by atoms with Crippen molar-refractivity contribution in [2.45, 2.75) is 56.7 Å². The van der Waals surface area contributed by atoms with Crippen molar-refractivity contribution in [3.63, 3.8) is 0 Å². The Labute approximate surface area is 264 Å². The quantitative estimate of drug-likeness (QED) is 0.318. The molecule has 3 aliphatic rings. The molecule has 2 aliphatic heterocycles. The van der Waals surface area contributed by atoms with Crippen molar-refractivity contribution >= 4 is 35.2 Å². The highest BCUT2D eigenvalue weighted by Gasteiger charge is 2.56. The number of carbonyl (C=O) groups excluding carboxylic acids is 4. The van der Waals surface area contributed by atoms with Gasteiger partial charge in [-0.15, -0.1) is 0 Å². The van der Waals surface area contributed by atoms with Crippen molar-refractivity contribution in [1.82, 2.24) is 25.1 Å². The van der Waals surface area contributed by atoms with Gasteiger partial charge in [0.15, 0.2) is 5.82 Å². The van der Waals surface area contributed by atoms with E-state index in [1.807, 2.05) is 19.1 Å². The fourth-order valence-corrected chi connectivity index (χ4v) is 6.27. The first-order valence-electron chi connectivity index (χ1n) is 15.2. The zero-order valence-electron chi connectivity index (χ0n) is 25.6. The Morgan fingerprint density at radius 3 is 2.76 bits per heavy atom. The number of hydrogen-bond acceptors (Lipinski definition) is 8. The number of urea groups is 2. The Balaban J connectivity index is 1.37. The van der Waals surface area contributed by atoms with E-state index in [0.717, 1.165) is 11.2 Å². The van der Waals surface area contributed by atoms with Crippen LogP contribution < -0.4 is 20.5 Å². The monoisotopic (exact) mass is 630 g/mol. The molecule has 3 aromatic rings. The summed E-state index contributed by atoms with van der Waals surface area (Å²) in [4.78, 5) is 63.6. The van der Waals surface area contributed by atoms with Crippen LogP contribution in [0.4, 0.5) is 14.0 Å². The van der Waals surface area contributed by atoms with Crippen LogP contribution in [-0.2, 0) is 9.59 Å². The molecular weight excluding hydrogens is 595 g/mol. The number of amides is 5. The number of nitrogens with zero attached hydrogens (tertiary/aromatic N) is 4. The number of halogens is 1. The highest BCUT2D eigenvalue weighted by atomic mass is 19.1. The zero-order chi connectivity index (χ0) is 32.6. The van der Waals surface area contributed by atoms with Gasteiger partial charge in [0.25, 0.3) is 0 Å². The molecule has 4 unspecified atom stereocenters. The molecule has 5 amide bonds. The molecule has 1 aromatic heterocycles. The minimum atomic E-state index is -1.05. The number of methoxy groups -OCH3 is 1. The van der Waals surface area contributed by atoms with Crippen LogP contribution in [0.3, 0.4) is 0 Å². The lowest BCUT2D eigenvalue weighted by Crippen LogP contribution is -2.55. The summed E-state index contributed by atoms with van der Waals surface area (Å²) in [6, 6.07) is 6.68. The van der Waals surface area contributed by atoms with Crippen LogP contribution in [0.25, 0.3) is 22.3 Å². The minimum absolute atomic E-state index is 0.0511. The van der Waals surface area contributed by atoms with E-state index >= 15 is 0 Å². The number of nitrogens with one attached hydrogen (secondary N) is 1. The predicted molar refractivity (Wildman–Crippen MR) is 165 cm³/mol. The second-order valence-electron chi connectivity index (χ2n) is 11.9. The van der Waals surface area contributed by atoms with E-state index in [-0.39, 0.29) is 37.1 Å². The summed E-state index contributed by atoms with van der Waals surface area (Å²) in [5.74, 6) is -0.152. The van der Waals surface area contributed by atoms with E-state index in [0.29, 0.717) is 53.5 Å². The van der Waals surface area contributed by atoms with Gasteiger partial charge in [0.2, 0.25) is 11.8 Å². The molecule has 1 saturated carbocycles. The summed E-state index contributed by atoms with van der Waals surface area (Å²) in [6.45, 7) is 1.87. The second kappa shape index (κ2) is 12.4. The normalized spacial score (nSPS) is 25.6. The van der Waals surface area contributed by atoms with Gasteiger partial charge < -0.3 is 30.2 Å². The number of aldehydes is 1. The molecule has 1 aliphatic carbocycles. The molecular formula is C33H35FN6O6. The predicted octanol–water partition coefficient (Wildman–Crippen LogP) is 3.89. The summed E-state index contributed by atoms with van der Waals surface area (Å²) >= 11 is 0. The molecule has 6 rings (SSSR count). The molecule has 3 heterocycles. The Morgan fingerprint density at radius 2 is 2.02 bits per heavy atom. The first-order chi connectivity index (χ1) is 22.1. The van der Waals surface area contributed by atoms with Crippen LogP contribution in [0.2, 0.25) is 0 Å². The lowest BCUT2D eigenvalue weighted by atomic mass is 10.1. The van der Waals surface area contributed by atoms with Crippen LogP contribution in [-0.4, -0.2) is 81.9 Å². The number of rotatable bonds is 5. The van der Waals surface area contributed by atoms with Gasteiger partial charge in [0, 0.05) is 30.0 Å². The maximum Gasteiger partial charge on any atom is 0.328 e. The first kappa shape index (κ1) is 30.9. The Hall–Kier alpha value is -5.07. The summed E-state index contributed by atoms with van der Waals surface area (Å²) < 4.78 is 26.1. The molecule has 0 spiro atoms. The third kappa shape index (κ3) is 5.84. The molecule has 12 nitrogen and oxygen atoms in total. The molecule has 13 heteroatoms. The molecule has 240 valence electrons. The minimum Gasteiger partial charge on any atom is -0.496 e. The number of aryl methyl sites for hydroxylation is 1. The Morgan fingerprint density at radius 1 is 1.20 bits per heavy atom. The lowest BCUT2D eigenvalue weighted by Gasteiger charge is -2.29. The average molecular weight is 631 g/mol. The summed E-state index contributed by atoms with van der Waals surface area (Å²) in [5.41, 5.74) is 6.23. The molecule has 4 atom stereocenters. The molecule has 46 heavy (non-hydrogen) atoms. The van der Waals surface area contributed by atoms with Crippen molar-refractivity contribution in [2.75, 3.05) is 20.2 Å². The molecule has 2 aromatic carbocycles. The number of benzene rings is 2. The van der Waals surface area contributed by atoms with Gasteiger partial charge in [0.05, 0.1) is 24.6 Å². The molecule has 1 saturated heterocycles.